The van der Waals surface area contributed by atoms with E-state index >= 15 is 0 Å². The summed E-state index contributed by atoms with van der Waals surface area (Å²) in [6, 6.07) is 9.42. The van der Waals surface area contributed by atoms with Crippen molar-refractivity contribution in [2.75, 3.05) is 52.4 Å². The number of β-amino-alcohol motifs (C(OH)–C–C–N with tert-alkyl or cyclic N) is 1. The van der Waals surface area contributed by atoms with Gasteiger partial charge in [0, 0.05) is 51.9 Å². The molecule has 7 heteroatoms. The summed E-state index contributed by atoms with van der Waals surface area (Å²) in [7, 11) is 0. The fourth-order valence-corrected chi connectivity index (χ4v) is 3.35. The number of carbonyl (C=O) groups is 1. The quantitative estimate of drug-likeness (QED) is 0.551. The first kappa shape index (κ1) is 19.5. The third-order valence-electron chi connectivity index (χ3n) is 4.98. The van der Waals surface area contributed by atoms with E-state index in [0.29, 0.717) is 6.54 Å². The Kier molecular flexibility index (Phi) is 6.98. The maximum Gasteiger partial charge on any atom is 0.343 e. The highest BCUT2D eigenvalue weighted by molar-refractivity contribution is 6.10. The van der Waals surface area contributed by atoms with Crippen LogP contribution in [0.25, 0.3) is 0 Å². The molecule has 1 aromatic carbocycles. The Hall–Kier alpha value is -2.22. The van der Waals surface area contributed by atoms with Crippen molar-refractivity contribution in [1.29, 1.82) is 0 Å². The molecule has 7 nitrogen and oxygen atoms in total. The van der Waals surface area contributed by atoms with Gasteiger partial charge in [0.15, 0.2) is 0 Å². The summed E-state index contributed by atoms with van der Waals surface area (Å²) in [6.07, 6.45) is 1.25. The standard InChI is InChI=1S/C20H27N3O4/c24-13-12-23-10-8-22(9-11-23)7-6-21-15-17-18(25)14-19(27-20(17)26)16-4-2-1-3-5-16/h1-5,15,19,24-25H,6-14H2. The average Bonchev–Trinajstić information content (AvgIpc) is 2.69. The van der Waals surface area contributed by atoms with Crippen LogP contribution >= 0.6 is 0 Å². The number of nitrogens with zero attached hydrogens (tertiary/aromatic N) is 3. The van der Waals surface area contributed by atoms with Gasteiger partial charge in [-0.1, -0.05) is 30.3 Å². The van der Waals surface area contributed by atoms with Gasteiger partial charge in [-0.2, -0.15) is 0 Å². The van der Waals surface area contributed by atoms with Gasteiger partial charge in [-0.05, 0) is 5.56 Å². The molecule has 1 unspecified atom stereocenters. The van der Waals surface area contributed by atoms with Crippen molar-refractivity contribution >= 4 is 12.2 Å². The van der Waals surface area contributed by atoms with Gasteiger partial charge < -0.3 is 14.9 Å². The first-order chi connectivity index (χ1) is 13.2. The minimum Gasteiger partial charge on any atom is -0.511 e. The molecule has 0 radical (unpaired) electrons. The normalized spacial score (nSPS) is 22.4. The molecule has 2 heterocycles. The molecule has 0 amide bonds. The minimum atomic E-state index is -0.533. The molecule has 3 rings (SSSR count). The van der Waals surface area contributed by atoms with Crippen LogP contribution in [0.1, 0.15) is 18.1 Å². The van der Waals surface area contributed by atoms with Crippen LogP contribution in [-0.4, -0.2) is 84.6 Å². The first-order valence-corrected chi connectivity index (χ1v) is 9.41. The topological polar surface area (TPSA) is 85.6 Å². The molecule has 2 N–H and O–H groups in total. The number of cyclic esters (lactones) is 1. The Balaban J connectivity index is 1.48. The van der Waals surface area contributed by atoms with E-state index in [9.17, 15) is 9.90 Å². The van der Waals surface area contributed by atoms with E-state index in [1.165, 1.54) is 6.21 Å². The molecule has 1 aromatic rings. The van der Waals surface area contributed by atoms with Crippen molar-refractivity contribution < 1.29 is 19.7 Å². The van der Waals surface area contributed by atoms with Crippen LogP contribution in [0.3, 0.4) is 0 Å². The van der Waals surface area contributed by atoms with E-state index in [-0.39, 0.29) is 24.4 Å². The molecule has 2 aliphatic heterocycles. The van der Waals surface area contributed by atoms with Crippen LogP contribution < -0.4 is 0 Å². The van der Waals surface area contributed by atoms with Gasteiger partial charge in [0.25, 0.3) is 0 Å². The predicted molar refractivity (Wildman–Crippen MR) is 103 cm³/mol. The van der Waals surface area contributed by atoms with E-state index in [0.717, 1.165) is 44.8 Å². The monoisotopic (exact) mass is 373 g/mol. The number of aliphatic imine (C=N–C) groups is 1. The van der Waals surface area contributed by atoms with Crippen LogP contribution in [0.2, 0.25) is 0 Å². The maximum absolute atomic E-state index is 12.2. The van der Waals surface area contributed by atoms with E-state index in [1.54, 1.807) is 0 Å². The Labute approximate surface area is 159 Å². The highest BCUT2D eigenvalue weighted by Crippen LogP contribution is 2.30. The highest BCUT2D eigenvalue weighted by Gasteiger charge is 2.29. The second-order valence-corrected chi connectivity index (χ2v) is 6.81. The molecular weight excluding hydrogens is 346 g/mol. The van der Waals surface area contributed by atoms with Crippen LogP contribution in [0.15, 0.2) is 46.7 Å². The van der Waals surface area contributed by atoms with Crippen LogP contribution in [-0.2, 0) is 9.53 Å². The number of hydrogen-bond donors (Lipinski definition) is 2. The summed E-state index contributed by atoms with van der Waals surface area (Å²) < 4.78 is 5.45. The lowest BCUT2D eigenvalue weighted by molar-refractivity contribution is -0.146. The highest BCUT2D eigenvalue weighted by atomic mass is 16.5. The van der Waals surface area contributed by atoms with Crippen molar-refractivity contribution in [3.8, 4) is 0 Å². The fraction of sp³-hybridized carbons (Fsp3) is 0.500. The molecule has 0 spiro atoms. The van der Waals surface area contributed by atoms with Crippen molar-refractivity contribution in [2.45, 2.75) is 12.5 Å². The molecule has 27 heavy (non-hydrogen) atoms. The number of aliphatic hydroxyl groups is 2. The lowest BCUT2D eigenvalue weighted by Gasteiger charge is -2.33. The van der Waals surface area contributed by atoms with Crippen molar-refractivity contribution in [1.82, 2.24) is 9.80 Å². The number of piperazine rings is 1. The van der Waals surface area contributed by atoms with Crippen molar-refractivity contribution in [3.63, 3.8) is 0 Å². The number of rotatable bonds is 7. The van der Waals surface area contributed by atoms with Gasteiger partial charge in [0.2, 0.25) is 0 Å². The molecular formula is C20H27N3O4. The van der Waals surface area contributed by atoms with Gasteiger partial charge in [0.1, 0.15) is 17.4 Å². The van der Waals surface area contributed by atoms with Gasteiger partial charge >= 0.3 is 5.97 Å². The number of hydrogen-bond acceptors (Lipinski definition) is 7. The molecule has 0 aliphatic carbocycles. The number of esters is 1. The molecule has 0 aromatic heterocycles. The molecule has 2 aliphatic rings. The predicted octanol–water partition coefficient (Wildman–Crippen LogP) is 1.17. The number of benzene rings is 1. The Bertz CT molecular complexity index is 682. The summed E-state index contributed by atoms with van der Waals surface area (Å²) in [5.74, 6) is -0.504. The molecule has 1 atom stereocenters. The summed E-state index contributed by atoms with van der Waals surface area (Å²) >= 11 is 0. The molecule has 146 valence electrons. The van der Waals surface area contributed by atoms with Crippen molar-refractivity contribution in [2.24, 2.45) is 4.99 Å². The number of aliphatic hydroxyl groups excluding tert-OH is 2. The molecule has 0 saturated carbocycles. The Morgan fingerprint density at radius 1 is 1.11 bits per heavy atom. The fourth-order valence-electron chi connectivity index (χ4n) is 3.35. The summed E-state index contributed by atoms with van der Waals surface area (Å²) in [6.45, 7) is 6.09. The van der Waals surface area contributed by atoms with E-state index in [2.05, 4.69) is 14.8 Å². The SMILES string of the molecule is O=C1OC(c2ccccc2)CC(O)=C1C=NCCN1CCN(CCO)CC1. The summed E-state index contributed by atoms with van der Waals surface area (Å²) in [5.41, 5.74) is 1.02. The Morgan fingerprint density at radius 3 is 2.41 bits per heavy atom. The lowest BCUT2D eigenvalue weighted by atomic mass is 10.0. The summed E-state index contributed by atoms with van der Waals surface area (Å²) in [4.78, 5) is 21.1. The minimum absolute atomic E-state index is 0.0291. The third-order valence-corrected chi connectivity index (χ3v) is 4.98. The summed E-state index contributed by atoms with van der Waals surface area (Å²) in [5, 5.41) is 19.2. The zero-order chi connectivity index (χ0) is 19.1. The second-order valence-electron chi connectivity index (χ2n) is 6.81. The second kappa shape index (κ2) is 9.64. The smallest absolute Gasteiger partial charge is 0.343 e. The third kappa shape index (κ3) is 5.38. The maximum atomic E-state index is 12.2. The van der Waals surface area contributed by atoms with Crippen LogP contribution in [0, 0.1) is 0 Å². The van der Waals surface area contributed by atoms with Crippen LogP contribution in [0.5, 0.6) is 0 Å². The van der Waals surface area contributed by atoms with Gasteiger partial charge in [-0.25, -0.2) is 4.79 Å². The Morgan fingerprint density at radius 2 is 1.78 bits per heavy atom. The molecule has 0 bridgehead atoms. The van der Waals surface area contributed by atoms with Gasteiger partial charge in [-0.3, -0.25) is 14.8 Å². The molecule has 1 fully saturated rings. The first-order valence-electron chi connectivity index (χ1n) is 9.41. The molecule has 1 saturated heterocycles. The van der Waals surface area contributed by atoms with E-state index < -0.39 is 12.1 Å². The average molecular weight is 373 g/mol. The van der Waals surface area contributed by atoms with Crippen molar-refractivity contribution in [3.05, 3.63) is 47.2 Å². The number of ether oxygens (including phenoxy) is 1. The largest absolute Gasteiger partial charge is 0.511 e. The zero-order valence-corrected chi connectivity index (χ0v) is 15.5. The number of carbonyl (C=O) groups excluding carboxylic acids is 1. The van der Waals surface area contributed by atoms with E-state index in [4.69, 9.17) is 9.84 Å². The van der Waals surface area contributed by atoms with Gasteiger partial charge in [0.05, 0.1) is 13.2 Å². The lowest BCUT2D eigenvalue weighted by Crippen LogP contribution is -2.47. The van der Waals surface area contributed by atoms with E-state index in [1.807, 2.05) is 30.3 Å². The van der Waals surface area contributed by atoms with Gasteiger partial charge in [-0.15, -0.1) is 0 Å². The van der Waals surface area contributed by atoms with Crippen LogP contribution in [0.4, 0.5) is 0 Å². The zero-order valence-electron chi connectivity index (χ0n) is 15.5.